The summed E-state index contributed by atoms with van der Waals surface area (Å²) in [7, 11) is -2.55. The molecule has 0 aliphatic heterocycles. The van der Waals surface area contributed by atoms with Gasteiger partial charge in [-0.25, -0.2) is 8.42 Å². The van der Waals surface area contributed by atoms with Gasteiger partial charge in [-0.3, -0.25) is 9.52 Å². The van der Waals surface area contributed by atoms with Crippen LogP contribution in [0, 0.1) is 6.92 Å². The number of halogens is 1. The molecule has 0 saturated carbocycles. The number of amides is 1. The Bertz CT molecular complexity index is 1150. The first-order valence-corrected chi connectivity index (χ1v) is 10.9. The van der Waals surface area contributed by atoms with Crippen LogP contribution in [-0.4, -0.2) is 21.4 Å². The minimum atomic E-state index is -3.94. The standard InChI is InChI=1S/C21H19BrN2O4S/c1-14-5-3-4-6-18(14)21(25)23-17-11-12-19(28-2)20(13-17)29(26,27)24-16-9-7-15(22)8-10-16/h3-13,24H,1-2H3,(H,23,25). The van der Waals surface area contributed by atoms with Gasteiger partial charge in [-0.1, -0.05) is 34.1 Å². The summed E-state index contributed by atoms with van der Waals surface area (Å²) in [5, 5.41) is 2.74. The van der Waals surface area contributed by atoms with E-state index in [0.717, 1.165) is 10.0 Å². The van der Waals surface area contributed by atoms with E-state index in [-0.39, 0.29) is 16.6 Å². The topological polar surface area (TPSA) is 84.5 Å². The summed E-state index contributed by atoms with van der Waals surface area (Å²) in [4.78, 5) is 12.5. The monoisotopic (exact) mass is 474 g/mol. The van der Waals surface area contributed by atoms with Gasteiger partial charge in [0.25, 0.3) is 15.9 Å². The van der Waals surface area contributed by atoms with Gasteiger partial charge in [0.05, 0.1) is 7.11 Å². The lowest BCUT2D eigenvalue weighted by atomic mass is 10.1. The van der Waals surface area contributed by atoms with Crippen LogP contribution in [0.3, 0.4) is 0 Å². The van der Waals surface area contributed by atoms with E-state index in [1.165, 1.54) is 19.2 Å². The number of sulfonamides is 1. The zero-order chi connectivity index (χ0) is 21.0. The molecule has 0 aliphatic carbocycles. The summed E-state index contributed by atoms with van der Waals surface area (Å²) in [6.45, 7) is 1.83. The van der Waals surface area contributed by atoms with Crippen LogP contribution in [0.25, 0.3) is 0 Å². The molecule has 3 aromatic carbocycles. The van der Waals surface area contributed by atoms with Crippen LogP contribution in [0.4, 0.5) is 11.4 Å². The molecule has 150 valence electrons. The Hall–Kier alpha value is -2.84. The molecule has 0 radical (unpaired) electrons. The van der Waals surface area contributed by atoms with Gasteiger partial charge in [-0.05, 0) is 61.0 Å². The maximum Gasteiger partial charge on any atom is 0.265 e. The average molecular weight is 475 g/mol. The minimum Gasteiger partial charge on any atom is -0.495 e. The van der Waals surface area contributed by atoms with Gasteiger partial charge in [0.1, 0.15) is 10.6 Å². The molecule has 0 saturated heterocycles. The van der Waals surface area contributed by atoms with E-state index in [0.29, 0.717) is 16.9 Å². The molecular formula is C21H19BrN2O4S. The van der Waals surface area contributed by atoms with E-state index >= 15 is 0 Å². The van der Waals surface area contributed by atoms with Gasteiger partial charge in [-0.2, -0.15) is 0 Å². The number of ether oxygens (including phenoxy) is 1. The molecule has 0 aliphatic rings. The van der Waals surface area contributed by atoms with Gasteiger partial charge >= 0.3 is 0 Å². The Morgan fingerprint density at radius 2 is 1.62 bits per heavy atom. The van der Waals surface area contributed by atoms with Gasteiger partial charge in [0, 0.05) is 21.4 Å². The lowest BCUT2D eigenvalue weighted by Crippen LogP contribution is -2.16. The van der Waals surface area contributed by atoms with Crippen molar-refractivity contribution in [3.63, 3.8) is 0 Å². The van der Waals surface area contributed by atoms with Crippen LogP contribution >= 0.6 is 15.9 Å². The van der Waals surface area contributed by atoms with Gasteiger partial charge in [-0.15, -0.1) is 0 Å². The second-order valence-electron chi connectivity index (χ2n) is 6.25. The molecule has 0 aromatic heterocycles. The number of anilines is 2. The third-order valence-corrected chi connectivity index (χ3v) is 6.13. The van der Waals surface area contributed by atoms with Crippen LogP contribution in [0.1, 0.15) is 15.9 Å². The number of methoxy groups -OCH3 is 1. The van der Waals surface area contributed by atoms with Crippen molar-refractivity contribution in [3.05, 3.63) is 82.3 Å². The number of carbonyl (C=O) groups is 1. The highest BCUT2D eigenvalue weighted by molar-refractivity contribution is 9.10. The highest BCUT2D eigenvalue weighted by Crippen LogP contribution is 2.29. The quantitative estimate of drug-likeness (QED) is 0.536. The summed E-state index contributed by atoms with van der Waals surface area (Å²) in [6.07, 6.45) is 0. The van der Waals surface area contributed by atoms with Gasteiger partial charge in [0.2, 0.25) is 0 Å². The molecule has 0 atom stereocenters. The number of carbonyl (C=O) groups excluding carboxylic acids is 1. The average Bonchev–Trinajstić information content (AvgIpc) is 2.70. The zero-order valence-corrected chi connectivity index (χ0v) is 18.2. The van der Waals surface area contributed by atoms with E-state index < -0.39 is 10.0 Å². The SMILES string of the molecule is COc1ccc(NC(=O)c2ccccc2C)cc1S(=O)(=O)Nc1ccc(Br)cc1. The predicted octanol–water partition coefficient (Wildman–Crippen LogP) is 4.82. The number of hydrogen-bond acceptors (Lipinski definition) is 4. The molecule has 0 spiro atoms. The van der Waals surface area contributed by atoms with E-state index in [4.69, 9.17) is 4.74 Å². The molecule has 6 nitrogen and oxygen atoms in total. The molecule has 3 aromatic rings. The van der Waals surface area contributed by atoms with Crippen LogP contribution < -0.4 is 14.8 Å². The zero-order valence-electron chi connectivity index (χ0n) is 15.8. The van der Waals surface area contributed by atoms with Crippen molar-refractivity contribution in [2.75, 3.05) is 17.1 Å². The third kappa shape index (κ3) is 4.96. The van der Waals surface area contributed by atoms with Crippen LogP contribution in [-0.2, 0) is 10.0 Å². The van der Waals surface area contributed by atoms with E-state index in [1.54, 1.807) is 42.5 Å². The van der Waals surface area contributed by atoms with E-state index in [2.05, 4.69) is 26.0 Å². The molecule has 3 rings (SSSR count). The van der Waals surface area contributed by atoms with Crippen LogP contribution in [0.2, 0.25) is 0 Å². The van der Waals surface area contributed by atoms with Crippen molar-refractivity contribution < 1.29 is 17.9 Å². The first-order chi connectivity index (χ1) is 13.8. The number of nitrogens with one attached hydrogen (secondary N) is 2. The summed E-state index contributed by atoms with van der Waals surface area (Å²) < 4.78 is 34.4. The Morgan fingerprint density at radius 1 is 0.966 bits per heavy atom. The van der Waals surface area contributed by atoms with Crippen LogP contribution in [0.5, 0.6) is 5.75 Å². The number of benzene rings is 3. The number of rotatable bonds is 6. The highest BCUT2D eigenvalue weighted by atomic mass is 79.9. The molecule has 0 fully saturated rings. The van der Waals surface area contributed by atoms with Crippen molar-refractivity contribution in [2.45, 2.75) is 11.8 Å². The number of hydrogen-bond donors (Lipinski definition) is 2. The van der Waals surface area contributed by atoms with Crippen molar-refractivity contribution in [2.24, 2.45) is 0 Å². The summed E-state index contributed by atoms with van der Waals surface area (Å²) in [5.74, 6) is -0.152. The molecule has 8 heteroatoms. The second-order valence-corrected chi connectivity index (χ2v) is 8.81. The minimum absolute atomic E-state index is 0.0782. The normalized spacial score (nSPS) is 11.0. The summed E-state index contributed by atoms with van der Waals surface area (Å²) in [6, 6.07) is 18.4. The fourth-order valence-corrected chi connectivity index (χ4v) is 4.24. The Balaban J connectivity index is 1.91. The lowest BCUT2D eigenvalue weighted by Gasteiger charge is -2.14. The van der Waals surface area contributed by atoms with E-state index in [9.17, 15) is 13.2 Å². The number of aryl methyl sites for hydroxylation is 1. The molecule has 0 bridgehead atoms. The maximum absolute atomic E-state index is 12.9. The summed E-state index contributed by atoms with van der Waals surface area (Å²) in [5.41, 5.74) is 2.09. The maximum atomic E-state index is 12.9. The van der Waals surface area contributed by atoms with Crippen molar-refractivity contribution in [1.82, 2.24) is 0 Å². The van der Waals surface area contributed by atoms with Crippen molar-refractivity contribution >= 4 is 43.2 Å². The molecular weight excluding hydrogens is 456 g/mol. The van der Waals surface area contributed by atoms with Gasteiger partial charge < -0.3 is 10.1 Å². The second kappa shape index (κ2) is 8.67. The van der Waals surface area contributed by atoms with Gasteiger partial charge in [0.15, 0.2) is 0 Å². The summed E-state index contributed by atoms with van der Waals surface area (Å²) >= 11 is 3.31. The van der Waals surface area contributed by atoms with Crippen LogP contribution in [0.15, 0.2) is 76.1 Å². The molecule has 29 heavy (non-hydrogen) atoms. The molecule has 0 unspecified atom stereocenters. The lowest BCUT2D eigenvalue weighted by molar-refractivity contribution is 0.102. The first-order valence-electron chi connectivity index (χ1n) is 8.63. The Kier molecular flexibility index (Phi) is 6.24. The molecule has 0 heterocycles. The molecule has 2 N–H and O–H groups in total. The largest absolute Gasteiger partial charge is 0.495 e. The third-order valence-electron chi connectivity index (χ3n) is 4.20. The fraction of sp³-hybridized carbons (Fsp3) is 0.0952. The fourth-order valence-electron chi connectivity index (χ4n) is 2.72. The van der Waals surface area contributed by atoms with E-state index in [1.807, 2.05) is 19.1 Å². The first kappa shape index (κ1) is 20.9. The predicted molar refractivity (Wildman–Crippen MR) is 117 cm³/mol. The van der Waals surface area contributed by atoms with Crippen molar-refractivity contribution in [1.29, 1.82) is 0 Å². The highest BCUT2D eigenvalue weighted by Gasteiger charge is 2.21. The Morgan fingerprint density at radius 3 is 2.28 bits per heavy atom. The molecule has 1 amide bonds. The Labute approximate surface area is 178 Å². The van der Waals surface area contributed by atoms with Crippen molar-refractivity contribution in [3.8, 4) is 5.75 Å². The smallest absolute Gasteiger partial charge is 0.265 e.